The van der Waals surface area contributed by atoms with Gasteiger partial charge in [-0.15, -0.1) is 0 Å². The Morgan fingerprint density at radius 2 is 1.92 bits per heavy atom. The van der Waals surface area contributed by atoms with Gasteiger partial charge in [0.2, 0.25) is 0 Å². The molecule has 0 saturated carbocycles. The molecule has 2 amide bonds. The van der Waals surface area contributed by atoms with Crippen molar-refractivity contribution in [3.05, 3.63) is 59.8 Å². The predicted octanol–water partition coefficient (Wildman–Crippen LogP) is 0.464. The second-order valence-corrected chi connectivity index (χ2v) is 6.49. The van der Waals surface area contributed by atoms with Crippen molar-refractivity contribution >= 4 is 11.8 Å². The van der Waals surface area contributed by atoms with Crippen LogP contribution in [0.15, 0.2) is 47.1 Å². The van der Waals surface area contributed by atoms with Crippen LogP contribution in [0.3, 0.4) is 0 Å². The van der Waals surface area contributed by atoms with Crippen LogP contribution in [0.5, 0.6) is 0 Å². The fourth-order valence-electron chi connectivity index (χ4n) is 3.12. The highest BCUT2D eigenvalue weighted by Crippen LogP contribution is 2.06. The molecule has 3 rings (SSSR count). The van der Waals surface area contributed by atoms with E-state index >= 15 is 0 Å². The van der Waals surface area contributed by atoms with E-state index in [1.54, 1.807) is 29.2 Å². The second kappa shape index (κ2) is 8.14. The summed E-state index contributed by atoms with van der Waals surface area (Å²) in [5.74, 6) is -0.101. The minimum absolute atomic E-state index is 0.0462. The number of furan rings is 1. The number of carbonyl (C=O) groups excluding carboxylic acids is 2. The van der Waals surface area contributed by atoms with Crippen LogP contribution in [0.1, 0.15) is 23.0 Å². The van der Waals surface area contributed by atoms with Gasteiger partial charge in [0.15, 0.2) is 11.8 Å². The van der Waals surface area contributed by atoms with Gasteiger partial charge in [-0.25, -0.2) is 4.39 Å². The molecule has 0 bridgehead atoms. The standard InChI is InChI=1S/C19H22FN3O3/c1-14(18(24)21-13-15-4-6-16(20)7-5-15)22-8-10-23(11-9-22)19(25)17-3-2-12-26-17/h2-7,12,14H,8-11,13H2,1H3,(H,21,24)/p+1/t14-/m0/s1. The molecular formula is C19H23FN3O3+. The highest BCUT2D eigenvalue weighted by molar-refractivity contribution is 5.91. The molecule has 1 aromatic carbocycles. The van der Waals surface area contributed by atoms with E-state index in [2.05, 4.69) is 5.32 Å². The topological polar surface area (TPSA) is 67.0 Å². The molecule has 6 nitrogen and oxygen atoms in total. The monoisotopic (exact) mass is 360 g/mol. The van der Waals surface area contributed by atoms with E-state index in [0.717, 1.165) is 10.5 Å². The van der Waals surface area contributed by atoms with Gasteiger partial charge in [-0.3, -0.25) is 9.59 Å². The summed E-state index contributed by atoms with van der Waals surface area (Å²) in [6.07, 6.45) is 1.49. The van der Waals surface area contributed by atoms with E-state index in [0.29, 0.717) is 38.5 Å². The third kappa shape index (κ3) is 4.29. The zero-order valence-electron chi connectivity index (χ0n) is 14.7. The zero-order chi connectivity index (χ0) is 18.5. The molecule has 1 aliphatic heterocycles. The van der Waals surface area contributed by atoms with Crippen molar-refractivity contribution in [2.75, 3.05) is 26.2 Å². The van der Waals surface area contributed by atoms with Crippen molar-refractivity contribution in [3.8, 4) is 0 Å². The van der Waals surface area contributed by atoms with Crippen molar-refractivity contribution in [3.63, 3.8) is 0 Å². The third-order valence-electron chi connectivity index (χ3n) is 4.81. The van der Waals surface area contributed by atoms with Crippen molar-refractivity contribution in [1.82, 2.24) is 10.2 Å². The van der Waals surface area contributed by atoms with Crippen LogP contribution in [-0.2, 0) is 11.3 Å². The summed E-state index contributed by atoms with van der Waals surface area (Å²) in [5.41, 5.74) is 0.857. The molecule has 1 aromatic heterocycles. The summed E-state index contributed by atoms with van der Waals surface area (Å²) in [6, 6.07) is 9.22. The van der Waals surface area contributed by atoms with Gasteiger partial charge in [0.1, 0.15) is 5.82 Å². The average Bonchev–Trinajstić information content (AvgIpc) is 3.21. The lowest BCUT2D eigenvalue weighted by Gasteiger charge is -2.34. The number of hydrogen-bond donors (Lipinski definition) is 2. The Hall–Kier alpha value is -2.67. The second-order valence-electron chi connectivity index (χ2n) is 6.49. The Bertz CT molecular complexity index is 738. The molecule has 1 aliphatic rings. The lowest BCUT2D eigenvalue weighted by molar-refractivity contribution is -0.917. The Morgan fingerprint density at radius 1 is 1.23 bits per heavy atom. The number of piperazine rings is 1. The number of halogens is 1. The van der Waals surface area contributed by atoms with Crippen LogP contribution in [0.25, 0.3) is 0 Å². The van der Waals surface area contributed by atoms with Crippen molar-refractivity contribution in [2.24, 2.45) is 0 Å². The molecule has 2 aromatic rings. The molecule has 0 unspecified atom stereocenters. The highest BCUT2D eigenvalue weighted by Gasteiger charge is 2.31. The molecule has 0 aliphatic carbocycles. The largest absolute Gasteiger partial charge is 0.459 e. The van der Waals surface area contributed by atoms with Gasteiger partial charge in [0.25, 0.3) is 11.8 Å². The number of carbonyl (C=O) groups is 2. The Morgan fingerprint density at radius 3 is 2.54 bits per heavy atom. The number of nitrogens with zero attached hydrogens (tertiary/aromatic N) is 1. The van der Waals surface area contributed by atoms with Gasteiger partial charge < -0.3 is 19.5 Å². The summed E-state index contributed by atoms with van der Waals surface area (Å²) >= 11 is 0. The normalized spacial score (nSPS) is 16.3. The van der Waals surface area contributed by atoms with Crippen molar-refractivity contribution in [1.29, 1.82) is 0 Å². The molecule has 1 fully saturated rings. The molecule has 1 atom stereocenters. The first-order valence-corrected chi connectivity index (χ1v) is 8.74. The minimum atomic E-state index is -0.292. The number of quaternary nitrogens is 1. The fourth-order valence-corrected chi connectivity index (χ4v) is 3.12. The molecule has 0 spiro atoms. The molecule has 0 radical (unpaired) electrons. The summed E-state index contributed by atoms with van der Waals surface area (Å²) < 4.78 is 18.1. The van der Waals surface area contributed by atoms with Gasteiger partial charge in [0.05, 0.1) is 32.4 Å². The summed E-state index contributed by atoms with van der Waals surface area (Å²) in [6.45, 7) is 4.85. The van der Waals surface area contributed by atoms with Gasteiger partial charge in [-0.2, -0.15) is 0 Å². The van der Waals surface area contributed by atoms with Crippen LogP contribution in [0, 0.1) is 5.82 Å². The Balaban J connectivity index is 1.46. The maximum atomic E-state index is 12.9. The van der Waals surface area contributed by atoms with E-state index in [-0.39, 0.29) is 23.7 Å². The average molecular weight is 360 g/mol. The highest BCUT2D eigenvalue weighted by atomic mass is 19.1. The lowest BCUT2D eigenvalue weighted by atomic mass is 10.2. The van der Waals surface area contributed by atoms with E-state index in [1.165, 1.54) is 18.4 Å². The van der Waals surface area contributed by atoms with E-state index in [1.807, 2.05) is 6.92 Å². The minimum Gasteiger partial charge on any atom is -0.459 e. The Kier molecular flexibility index (Phi) is 5.68. The van der Waals surface area contributed by atoms with E-state index < -0.39 is 0 Å². The van der Waals surface area contributed by atoms with Crippen molar-refractivity contribution < 1.29 is 23.3 Å². The van der Waals surface area contributed by atoms with Crippen LogP contribution < -0.4 is 10.2 Å². The first-order valence-electron chi connectivity index (χ1n) is 8.74. The smallest absolute Gasteiger partial charge is 0.289 e. The molecule has 138 valence electrons. The first-order chi connectivity index (χ1) is 12.5. The molecule has 2 N–H and O–H groups in total. The first kappa shape index (κ1) is 18.1. The van der Waals surface area contributed by atoms with Gasteiger partial charge in [0, 0.05) is 6.54 Å². The molecule has 2 heterocycles. The summed E-state index contributed by atoms with van der Waals surface area (Å²) in [4.78, 5) is 27.6. The number of rotatable bonds is 5. The van der Waals surface area contributed by atoms with Crippen LogP contribution in [0.2, 0.25) is 0 Å². The molecule has 1 saturated heterocycles. The molecule has 7 heteroatoms. The van der Waals surface area contributed by atoms with Gasteiger partial charge in [-0.1, -0.05) is 12.1 Å². The van der Waals surface area contributed by atoms with E-state index in [4.69, 9.17) is 4.42 Å². The quantitative estimate of drug-likeness (QED) is 0.814. The van der Waals surface area contributed by atoms with Gasteiger partial charge in [-0.05, 0) is 36.8 Å². The Labute approximate surface area is 151 Å². The predicted molar refractivity (Wildman–Crippen MR) is 93.0 cm³/mol. The van der Waals surface area contributed by atoms with Crippen LogP contribution in [-0.4, -0.2) is 48.9 Å². The SMILES string of the molecule is C[C@@H](C(=O)NCc1ccc(F)cc1)[NH+]1CCN(C(=O)c2ccco2)CC1. The number of benzene rings is 1. The van der Waals surface area contributed by atoms with Crippen LogP contribution in [0.4, 0.5) is 4.39 Å². The third-order valence-corrected chi connectivity index (χ3v) is 4.81. The zero-order valence-corrected chi connectivity index (χ0v) is 14.7. The number of amides is 2. The molecule has 26 heavy (non-hydrogen) atoms. The van der Waals surface area contributed by atoms with Crippen molar-refractivity contribution in [2.45, 2.75) is 19.5 Å². The molecular weight excluding hydrogens is 337 g/mol. The van der Waals surface area contributed by atoms with Gasteiger partial charge >= 0.3 is 0 Å². The maximum absolute atomic E-state index is 12.9. The summed E-state index contributed by atoms with van der Waals surface area (Å²) in [7, 11) is 0. The maximum Gasteiger partial charge on any atom is 0.289 e. The van der Waals surface area contributed by atoms with Crippen LogP contribution >= 0.6 is 0 Å². The number of hydrogen-bond acceptors (Lipinski definition) is 3. The lowest BCUT2D eigenvalue weighted by Crippen LogP contribution is -3.19. The van der Waals surface area contributed by atoms with E-state index in [9.17, 15) is 14.0 Å². The fraction of sp³-hybridized carbons (Fsp3) is 0.368. The number of nitrogens with one attached hydrogen (secondary N) is 2. The summed E-state index contributed by atoms with van der Waals surface area (Å²) in [5, 5.41) is 2.89.